The Bertz CT molecular complexity index is 798. The first-order valence-corrected chi connectivity index (χ1v) is 9.04. The maximum absolute atomic E-state index is 4.61. The summed E-state index contributed by atoms with van der Waals surface area (Å²) in [6, 6.07) is 15.3. The van der Waals surface area contributed by atoms with Gasteiger partial charge in [-0.2, -0.15) is 0 Å². The smallest absolute Gasteiger partial charge is 0.185 e. The number of rotatable bonds is 3. The van der Waals surface area contributed by atoms with Crippen molar-refractivity contribution in [3.05, 3.63) is 59.1 Å². The zero-order valence-corrected chi connectivity index (χ0v) is 14.2. The van der Waals surface area contributed by atoms with E-state index < -0.39 is 0 Å². The predicted molar refractivity (Wildman–Crippen MR) is 98.3 cm³/mol. The van der Waals surface area contributed by atoms with Crippen LogP contribution in [0.2, 0.25) is 0 Å². The lowest BCUT2D eigenvalue weighted by Gasteiger charge is -2.34. The zero-order chi connectivity index (χ0) is 15.6. The minimum Gasteiger partial charge on any atom is -0.346 e. The van der Waals surface area contributed by atoms with Crippen LogP contribution in [-0.4, -0.2) is 36.1 Å². The molecule has 0 bridgehead atoms. The molecule has 1 aliphatic rings. The van der Waals surface area contributed by atoms with Crippen LogP contribution in [0.3, 0.4) is 0 Å². The second-order valence-electron chi connectivity index (χ2n) is 6.17. The maximum Gasteiger partial charge on any atom is 0.185 e. The van der Waals surface area contributed by atoms with Crippen LogP contribution in [0.5, 0.6) is 0 Å². The molecular formula is C19H21N3S. The molecule has 4 heteroatoms. The van der Waals surface area contributed by atoms with E-state index >= 15 is 0 Å². The highest BCUT2D eigenvalue weighted by Crippen LogP contribution is 2.23. The molecule has 4 rings (SSSR count). The number of nitrogens with zero attached hydrogens (tertiary/aromatic N) is 3. The third kappa shape index (κ3) is 3.09. The summed E-state index contributed by atoms with van der Waals surface area (Å²) in [7, 11) is 0. The topological polar surface area (TPSA) is 19.4 Å². The molecule has 0 aliphatic carbocycles. The van der Waals surface area contributed by atoms with Crippen molar-refractivity contribution in [1.29, 1.82) is 0 Å². The summed E-state index contributed by atoms with van der Waals surface area (Å²) in [6.45, 7) is 7.43. The first-order chi connectivity index (χ1) is 11.3. The lowest BCUT2D eigenvalue weighted by Crippen LogP contribution is -2.45. The lowest BCUT2D eigenvalue weighted by molar-refractivity contribution is 0.250. The van der Waals surface area contributed by atoms with Crippen molar-refractivity contribution in [1.82, 2.24) is 9.88 Å². The number of piperazine rings is 1. The highest BCUT2D eigenvalue weighted by atomic mass is 32.1. The van der Waals surface area contributed by atoms with Gasteiger partial charge in [0.05, 0.1) is 5.69 Å². The molecule has 118 valence electrons. The van der Waals surface area contributed by atoms with Gasteiger partial charge < -0.3 is 4.90 Å². The third-order valence-electron chi connectivity index (χ3n) is 4.52. The number of hydrogen-bond acceptors (Lipinski definition) is 4. The van der Waals surface area contributed by atoms with Gasteiger partial charge in [0, 0.05) is 38.1 Å². The van der Waals surface area contributed by atoms with Crippen LogP contribution in [0, 0.1) is 6.92 Å². The molecule has 3 nitrogen and oxygen atoms in total. The number of aromatic nitrogens is 1. The third-order valence-corrected chi connectivity index (χ3v) is 5.54. The first kappa shape index (κ1) is 14.7. The van der Waals surface area contributed by atoms with Crippen molar-refractivity contribution in [3.63, 3.8) is 0 Å². The van der Waals surface area contributed by atoms with Gasteiger partial charge in [0.15, 0.2) is 5.13 Å². The Morgan fingerprint density at radius 1 is 1.00 bits per heavy atom. The molecule has 2 aromatic carbocycles. The van der Waals surface area contributed by atoms with E-state index in [9.17, 15) is 0 Å². The van der Waals surface area contributed by atoms with Crippen LogP contribution in [0.4, 0.5) is 5.13 Å². The largest absolute Gasteiger partial charge is 0.346 e. The van der Waals surface area contributed by atoms with E-state index in [-0.39, 0.29) is 0 Å². The highest BCUT2D eigenvalue weighted by Gasteiger charge is 2.19. The normalized spacial score (nSPS) is 16.1. The molecule has 0 saturated carbocycles. The van der Waals surface area contributed by atoms with Crippen molar-refractivity contribution in [3.8, 4) is 0 Å². The lowest BCUT2D eigenvalue weighted by atomic mass is 10.0. The summed E-state index contributed by atoms with van der Waals surface area (Å²) in [5, 5.41) is 6.03. The van der Waals surface area contributed by atoms with Crippen LogP contribution in [0.1, 0.15) is 11.3 Å². The van der Waals surface area contributed by atoms with E-state index in [2.05, 4.69) is 69.6 Å². The molecule has 0 amide bonds. The standard InChI is InChI=1S/C19H21N3S/c1-15-14-23-19(20-15)22-11-9-21(10-12-22)13-17-7-4-6-16-5-2-3-8-18(16)17/h2-8,14H,9-13H2,1H3. The quantitative estimate of drug-likeness (QED) is 0.728. The van der Waals surface area contributed by atoms with E-state index in [4.69, 9.17) is 0 Å². The fourth-order valence-corrected chi connectivity index (χ4v) is 4.11. The monoisotopic (exact) mass is 323 g/mol. The second-order valence-corrected chi connectivity index (χ2v) is 7.01. The highest BCUT2D eigenvalue weighted by molar-refractivity contribution is 7.13. The van der Waals surface area contributed by atoms with Gasteiger partial charge in [-0.05, 0) is 23.3 Å². The molecule has 0 atom stereocenters. The summed E-state index contributed by atoms with van der Waals surface area (Å²) >= 11 is 1.76. The van der Waals surface area contributed by atoms with Crippen LogP contribution >= 0.6 is 11.3 Å². The minimum atomic E-state index is 1.03. The van der Waals surface area contributed by atoms with Crippen molar-refractivity contribution in [2.75, 3.05) is 31.1 Å². The van der Waals surface area contributed by atoms with Gasteiger partial charge in [0.1, 0.15) is 0 Å². The molecule has 0 unspecified atom stereocenters. The number of anilines is 1. The number of benzene rings is 2. The molecule has 1 fully saturated rings. The zero-order valence-electron chi connectivity index (χ0n) is 13.4. The molecule has 0 N–H and O–H groups in total. The van der Waals surface area contributed by atoms with Gasteiger partial charge in [-0.3, -0.25) is 4.90 Å². The van der Waals surface area contributed by atoms with Gasteiger partial charge in [-0.15, -0.1) is 11.3 Å². The molecule has 1 aliphatic heterocycles. The Labute approximate surface area is 141 Å². The van der Waals surface area contributed by atoms with E-state index in [1.807, 2.05) is 0 Å². The molecule has 2 heterocycles. The molecular weight excluding hydrogens is 302 g/mol. The van der Waals surface area contributed by atoms with Gasteiger partial charge in [0.25, 0.3) is 0 Å². The van der Waals surface area contributed by atoms with Crippen LogP contribution in [-0.2, 0) is 6.54 Å². The fourth-order valence-electron chi connectivity index (χ4n) is 3.26. The summed E-state index contributed by atoms with van der Waals surface area (Å²) in [5.41, 5.74) is 2.56. The summed E-state index contributed by atoms with van der Waals surface area (Å²) in [4.78, 5) is 9.58. The number of fused-ring (bicyclic) bond motifs is 1. The Hall–Kier alpha value is -1.91. The predicted octanol–water partition coefficient (Wildman–Crippen LogP) is 3.93. The summed E-state index contributed by atoms with van der Waals surface area (Å²) in [5.74, 6) is 0. The Morgan fingerprint density at radius 2 is 1.78 bits per heavy atom. The SMILES string of the molecule is Cc1csc(N2CCN(Cc3cccc4ccccc34)CC2)n1. The van der Waals surface area contributed by atoms with E-state index in [1.165, 1.54) is 21.5 Å². The van der Waals surface area contributed by atoms with Gasteiger partial charge in [-0.1, -0.05) is 42.5 Å². The molecule has 23 heavy (non-hydrogen) atoms. The van der Waals surface area contributed by atoms with Gasteiger partial charge in [0.2, 0.25) is 0 Å². The van der Waals surface area contributed by atoms with Crippen LogP contribution in [0.25, 0.3) is 10.8 Å². The van der Waals surface area contributed by atoms with E-state index in [1.54, 1.807) is 11.3 Å². The Morgan fingerprint density at radius 3 is 2.57 bits per heavy atom. The van der Waals surface area contributed by atoms with E-state index in [0.29, 0.717) is 0 Å². The van der Waals surface area contributed by atoms with Crippen LogP contribution < -0.4 is 4.90 Å². The van der Waals surface area contributed by atoms with Gasteiger partial charge in [-0.25, -0.2) is 4.98 Å². The van der Waals surface area contributed by atoms with Crippen molar-refractivity contribution in [2.24, 2.45) is 0 Å². The summed E-state index contributed by atoms with van der Waals surface area (Å²) in [6.07, 6.45) is 0. The van der Waals surface area contributed by atoms with Crippen molar-refractivity contribution >= 4 is 27.2 Å². The fraction of sp³-hybridized carbons (Fsp3) is 0.316. The number of hydrogen-bond donors (Lipinski definition) is 0. The average Bonchev–Trinajstić information content (AvgIpc) is 3.02. The molecule has 1 saturated heterocycles. The first-order valence-electron chi connectivity index (χ1n) is 8.16. The second kappa shape index (κ2) is 6.30. The van der Waals surface area contributed by atoms with Gasteiger partial charge >= 0.3 is 0 Å². The average molecular weight is 323 g/mol. The Balaban J connectivity index is 1.44. The summed E-state index contributed by atoms with van der Waals surface area (Å²) < 4.78 is 0. The molecule has 3 aromatic rings. The molecule has 1 aromatic heterocycles. The van der Waals surface area contributed by atoms with Crippen LogP contribution in [0.15, 0.2) is 47.8 Å². The van der Waals surface area contributed by atoms with E-state index in [0.717, 1.165) is 38.4 Å². The number of aryl methyl sites for hydroxylation is 1. The minimum absolute atomic E-state index is 1.03. The maximum atomic E-state index is 4.61. The Kier molecular flexibility index (Phi) is 4.02. The van der Waals surface area contributed by atoms with Crippen molar-refractivity contribution < 1.29 is 0 Å². The number of thiazole rings is 1. The molecule has 0 spiro atoms. The van der Waals surface area contributed by atoms with Crippen molar-refractivity contribution in [2.45, 2.75) is 13.5 Å². The molecule has 0 radical (unpaired) electrons.